The van der Waals surface area contributed by atoms with E-state index in [0.29, 0.717) is 6.42 Å². The first kappa shape index (κ1) is 18.6. The van der Waals surface area contributed by atoms with E-state index >= 15 is 0 Å². The fourth-order valence-electron chi connectivity index (χ4n) is 3.79. The van der Waals surface area contributed by atoms with Crippen LogP contribution >= 0.6 is 0 Å². The molecule has 1 saturated carbocycles. The Kier molecular flexibility index (Phi) is 5.40. The molecule has 0 aromatic heterocycles. The van der Waals surface area contributed by atoms with Crippen LogP contribution in [-0.4, -0.2) is 42.6 Å². The van der Waals surface area contributed by atoms with E-state index in [0.717, 1.165) is 25.4 Å². The van der Waals surface area contributed by atoms with Crippen molar-refractivity contribution >= 4 is 20.2 Å². The lowest BCUT2D eigenvalue weighted by molar-refractivity contribution is 0.0230. The Bertz CT molecular complexity index is 679. The van der Waals surface area contributed by atoms with E-state index in [2.05, 4.69) is 12.7 Å². The molecule has 23 heavy (non-hydrogen) atoms. The molecule has 0 heterocycles. The van der Waals surface area contributed by atoms with Crippen LogP contribution in [-0.2, 0) is 28.6 Å². The van der Waals surface area contributed by atoms with Crippen molar-refractivity contribution in [3.63, 3.8) is 0 Å². The minimum Gasteiger partial charge on any atom is -0.270 e. The van der Waals surface area contributed by atoms with Gasteiger partial charge in [-0.3, -0.25) is 8.37 Å². The van der Waals surface area contributed by atoms with Gasteiger partial charge in [-0.05, 0) is 37.0 Å². The highest BCUT2D eigenvalue weighted by Gasteiger charge is 2.52. The molecule has 2 aliphatic rings. The largest absolute Gasteiger partial charge is 0.270 e. The molecule has 2 rings (SSSR count). The third-order valence-electron chi connectivity index (χ3n) is 4.90. The molecule has 132 valence electrons. The van der Waals surface area contributed by atoms with Crippen molar-refractivity contribution in [2.24, 2.45) is 23.2 Å². The average molecular weight is 364 g/mol. The molecule has 0 amide bonds. The number of hydrogen-bond donors (Lipinski definition) is 0. The molecule has 4 atom stereocenters. The first-order valence-corrected chi connectivity index (χ1v) is 11.2. The van der Waals surface area contributed by atoms with Gasteiger partial charge in [-0.1, -0.05) is 18.2 Å². The zero-order valence-corrected chi connectivity index (χ0v) is 15.1. The Morgan fingerprint density at radius 1 is 1.22 bits per heavy atom. The molecule has 0 bridgehead atoms. The summed E-state index contributed by atoms with van der Waals surface area (Å²) >= 11 is 0. The number of rotatable bonds is 7. The van der Waals surface area contributed by atoms with E-state index in [4.69, 9.17) is 8.37 Å². The van der Waals surface area contributed by atoms with Gasteiger partial charge in [0.15, 0.2) is 0 Å². The Labute approximate surface area is 138 Å². The molecule has 0 aromatic rings. The quantitative estimate of drug-likeness (QED) is 0.505. The molecular weight excluding hydrogens is 340 g/mol. The van der Waals surface area contributed by atoms with Gasteiger partial charge < -0.3 is 0 Å². The Balaban J connectivity index is 2.28. The van der Waals surface area contributed by atoms with Crippen molar-refractivity contribution in [1.29, 1.82) is 0 Å². The molecule has 0 unspecified atom stereocenters. The minimum absolute atomic E-state index is 0.0384. The van der Waals surface area contributed by atoms with Crippen molar-refractivity contribution in [2.45, 2.75) is 19.3 Å². The van der Waals surface area contributed by atoms with Gasteiger partial charge in [0.25, 0.3) is 20.2 Å². The Hall–Kier alpha value is -0.700. The van der Waals surface area contributed by atoms with Crippen LogP contribution in [0.5, 0.6) is 0 Å². The second-order valence-electron chi connectivity index (χ2n) is 6.59. The zero-order chi connectivity index (χ0) is 17.3. The van der Waals surface area contributed by atoms with Crippen LogP contribution in [0.15, 0.2) is 24.8 Å². The molecule has 0 aliphatic heterocycles. The van der Waals surface area contributed by atoms with Crippen LogP contribution in [0.3, 0.4) is 0 Å². The lowest BCUT2D eigenvalue weighted by atomic mass is 9.65. The van der Waals surface area contributed by atoms with Crippen molar-refractivity contribution in [3.05, 3.63) is 24.8 Å². The van der Waals surface area contributed by atoms with Gasteiger partial charge in [0.1, 0.15) is 0 Å². The number of allylic oxidation sites excluding steroid dienone is 3. The van der Waals surface area contributed by atoms with Crippen LogP contribution in [0, 0.1) is 23.2 Å². The Morgan fingerprint density at radius 3 is 2.43 bits per heavy atom. The maximum absolute atomic E-state index is 11.4. The topological polar surface area (TPSA) is 86.7 Å². The first-order chi connectivity index (χ1) is 10.6. The van der Waals surface area contributed by atoms with Crippen LogP contribution in [0.25, 0.3) is 0 Å². The summed E-state index contributed by atoms with van der Waals surface area (Å²) in [6.45, 7) is 3.92. The third kappa shape index (κ3) is 4.65. The van der Waals surface area contributed by atoms with Gasteiger partial charge in [0.05, 0.1) is 25.7 Å². The molecule has 1 fully saturated rings. The van der Waals surface area contributed by atoms with Gasteiger partial charge in [0, 0.05) is 5.41 Å². The van der Waals surface area contributed by atoms with Crippen LogP contribution in [0.2, 0.25) is 0 Å². The lowest BCUT2D eigenvalue weighted by Crippen LogP contribution is -2.43. The second-order valence-corrected chi connectivity index (χ2v) is 9.88. The summed E-state index contributed by atoms with van der Waals surface area (Å²) in [6.07, 6.45) is 10.3. The maximum atomic E-state index is 11.4. The monoisotopic (exact) mass is 364 g/mol. The highest BCUT2D eigenvalue weighted by molar-refractivity contribution is 7.86. The smallest absolute Gasteiger partial charge is 0.264 e. The highest BCUT2D eigenvalue weighted by atomic mass is 32.2. The summed E-state index contributed by atoms with van der Waals surface area (Å²) in [6, 6.07) is 0. The summed E-state index contributed by atoms with van der Waals surface area (Å²) in [4.78, 5) is 0. The predicted molar refractivity (Wildman–Crippen MR) is 87.7 cm³/mol. The second kappa shape index (κ2) is 6.66. The van der Waals surface area contributed by atoms with Crippen molar-refractivity contribution < 1.29 is 25.2 Å². The zero-order valence-electron chi connectivity index (χ0n) is 13.5. The van der Waals surface area contributed by atoms with Gasteiger partial charge in [-0.25, -0.2) is 0 Å². The summed E-state index contributed by atoms with van der Waals surface area (Å²) in [5.41, 5.74) is -0.443. The van der Waals surface area contributed by atoms with Gasteiger partial charge >= 0.3 is 0 Å². The van der Waals surface area contributed by atoms with Gasteiger partial charge in [-0.2, -0.15) is 16.8 Å². The van der Waals surface area contributed by atoms with E-state index in [-0.39, 0.29) is 31.0 Å². The molecule has 0 saturated heterocycles. The van der Waals surface area contributed by atoms with Crippen LogP contribution < -0.4 is 0 Å². The van der Waals surface area contributed by atoms with Crippen LogP contribution in [0.4, 0.5) is 0 Å². The van der Waals surface area contributed by atoms with Crippen LogP contribution in [0.1, 0.15) is 19.3 Å². The van der Waals surface area contributed by atoms with E-state index in [1.165, 1.54) is 0 Å². The highest BCUT2D eigenvalue weighted by Crippen LogP contribution is 2.55. The maximum Gasteiger partial charge on any atom is 0.264 e. The molecule has 2 aliphatic carbocycles. The lowest BCUT2D eigenvalue weighted by Gasteiger charge is -2.42. The molecule has 6 nitrogen and oxygen atoms in total. The average Bonchev–Trinajstić information content (AvgIpc) is 2.80. The van der Waals surface area contributed by atoms with E-state index in [1.807, 2.05) is 12.2 Å². The third-order valence-corrected chi connectivity index (χ3v) is 6.01. The standard InChI is InChI=1S/C15H24O6S2/c1-4-12-8-13-6-5-7-14(10-20-22(2,16)17)15(13,9-12)11-21-23(3,18)19/h4-6,12-14H,1,7-11H2,2-3H3/t12-,13+,14+,15+/m0/s1. The van der Waals surface area contributed by atoms with E-state index < -0.39 is 25.7 Å². The molecule has 8 heteroatoms. The summed E-state index contributed by atoms with van der Waals surface area (Å²) in [5.74, 6) is 0.278. The molecule has 0 aromatic carbocycles. The number of hydrogen-bond acceptors (Lipinski definition) is 6. The first-order valence-electron chi connectivity index (χ1n) is 7.54. The molecular formula is C15H24O6S2. The molecule has 0 spiro atoms. The normalized spacial score (nSPS) is 34.3. The SMILES string of the molecule is C=C[C@H]1C[C@H]2C=CC[C@H](COS(C)(=O)=O)[C@@]2(COS(C)(=O)=O)C1. The van der Waals surface area contributed by atoms with E-state index in [9.17, 15) is 16.8 Å². The summed E-state index contributed by atoms with van der Waals surface area (Å²) in [7, 11) is -7.11. The Morgan fingerprint density at radius 2 is 1.87 bits per heavy atom. The van der Waals surface area contributed by atoms with Gasteiger partial charge in [-0.15, -0.1) is 6.58 Å². The van der Waals surface area contributed by atoms with E-state index in [1.54, 1.807) is 0 Å². The van der Waals surface area contributed by atoms with Crippen molar-refractivity contribution in [2.75, 3.05) is 25.7 Å². The fraction of sp³-hybridized carbons (Fsp3) is 0.733. The van der Waals surface area contributed by atoms with Gasteiger partial charge in [0.2, 0.25) is 0 Å². The summed E-state index contributed by atoms with van der Waals surface area (Å²) < 4.78 is 55.7. The van der Waals surface area contributed by atoms with Crippen molar-refractivity contribution in [3.8, 4) is 0 Å². The predicted octanol–water partition coefficient (Wildman–Crippen LogP) is 1.71. The van der Waals surface area contributed by atoms with Crippen molar-refractivity contribution in [1.82, 2.24) is 0 Å². The summed E-state index contributed by atoms with van der Waals surface area (Å²) in [5, 5.41) is 0. The molecule has 0 N–H and O–H groups in total. The fourth-order valence-corrected chi connectivity index (χ4v) is 4.63. The minimum atomic E-state index is -3.57. The number of fused-ring (bicyclic) bond motifs is 1. The molecule has 0 radical (unpaired) electrons.